The summed E-state index contributed by atoms with van der Waals surface area (Å²) >= 11 is 0. The SMILES string of the molecule is CNC(C)c1ccc(F)cc1[N+](=O)[O-]. The summed E-state index contributed by atoms with van der Waals surface area (Å²) in [7, 11) is 1.69. The van der Waals surface area contributed by atoms with Crippen molar-refractivity contribution in [2.45, 2.75) is 13.0 Å². The first-order chi connectivity index (χ1) is 6.56. The number of benzene rings is 1. The Bertz CT molecular complexity index is 355. The van der Waals surface area contributed by atoms with Crippen molar-refractivity contribution < 1.29 is 9.31 Å². The molecule has 0 aliphatic heterocycles. The fraction of sp³-hybridized carbons (Fsp3) is 0.333. The third-order valence-electron chi connectivity index (χ3n) is 2.09. The van der Waals surface area contributed by atoms with E-state index >= 15 is 0 Å². The summed E-state index contributed by atoms with van der Waals surface area (Å²) in [6.45, 7) is 1.78. The van der Waals surface area contributed by atoms with E-state index in [9.17, 15) is 14.5 Å². The van der Waals surface area contributed by atoms with Crippen molar-refractivity contribution in [3.8, 4) is 0 Å². The van der Waals surface area contributed by atoms with Crippen LogP contribution < -0.4 is 5.32 Å². The maximum atomic E-state index is 12.8. The van der Waals surface area contributed by atoms with E-state index in [0.717, 1.165) is 6.07 Å². The van der Waals surface area contributed by atoms with E-state index in [-0.39, 0.29) is 11.7 Å². The van der Waals surface area contributed by atoms with E-state index in [2.05, 4.69) is 5.32 Å². The second kappa shape index (κ2) is 4.15. The zero-order valence-corrected chi connectivity index (χ0v) is 7.95. The Balaban J connectivity index is 3.21. The first kappa shape index (κ1) is 10.6. The van der Waals surface area contributed by atoms with Crippen molar-refractivity contribution in [2.75, 3.05) is 7.05 Å². The highest BCUT2D eigenvalue weighted by Gasteiger charge is 2.18. The van der Waals surface area contributed by atoms with E-state index in [4.69, 9.17) is 0 Å². The van der Waals surface area contributed by atoms with Gasteiger partial charge in [-0.2, -0.15) is 0 Å². The Labute approximate surface area is 80.9 Å². The van der Waals surface area contributed by atoms with Crippen LogP contribution >= 0.6 is 0 Å². The molecule has 1 aromatic rings. The molecule has 14 heavy (non-hydrogen) atoms. The Morgan fingerprint density at radius 3 is 2.71 bits per heavy atom. The van der Waals surface area contributed by atoms with Gasteiger partial charge in [0.2, 0.25) is 0 Å². The molecule has 0 spiro atoms. The summed E-state index contributed by atoms with van der Waals surface area (Å²) in [5.74, 6) is -0.594. The minimum absolute atomic E-state index is 0.170. The number of nitrogens with one attached hydrogen (secondary N) is 1. The number of rotatable bonds is 3. The summed E-state index contributed by atoms with van der Waals surface area (Å²) < 4.78 is 12.8. The second-order valence-electron chi connectivity index (χ2n) is 2.97. The molecule has 1 atom stereocenters. The van der Waals surface area contributed by atoms with Crippen LogP contribution in [-0.2, 0) is 0 Å². The smallest absolute Gasteiger partial charge is 0.277 e. The van der Waals surface area contributed by atoms with Gasteiger partial charge in [0.05, 0.1) is 11.0 Å². The third-order valence-corrected chi connectivity index (χ3v) is 2.09. The van der Waals surface area contributed by atoms with Crippen LogP contribution in [0.2, 0.25) is 0 Å². The summed E-state index contributed by atoms with van der Waals surface area (Å²) in [6.07, 6.45) is 0. The zero-order chi connectivity index (χ0) is 10.7. The Morgan fingerprint density at radius 1 is 1.57 bits per heavy atom. The van der Waals surface area contributed by atoms with Crippen LogP contribution in [0.3, 0.4) is 0 Å². The lowest BCUT2D eigenvalue weighted by Gasteiger charge is -2.10. The summed E-state index contributed by atoms with van der Waals surface area (Å²) in [4.78, 5) is 10.0. The van der Waals surface area contributed by atoms with E-state index in [1.165, 1.54) is 12.1 Å². The second-order valence-corrected chi connectivity index (χ2v) is 2.97. The minimum atomic E-state index is -0.594. The molecule has 0 saturated carbocycles. The molecule has 0 heterocycles. The number of nitro benzene ring substituents is 1. The van der Waals surface area contributed by atoms with Gasteiger partial charge in [-0.15, -0.1) is 0 Å². The molecule has 1 rings (SSSR count). The molecule has 0 saturated heterocycles. The highest BCUT2D eigenvalue weighted by atomic mass is 19.1. The van der Waals surface area contributed by atoms with Crippen LogP contribution in [0.4, 0.5) is 10.1 Å². The van der Waals surface area contributed by atoms with Gasteiger partial charge in [0.15, 0.2) is 0 Å². The third kappa shape index (κ3) is 2.05. The summed E-state index contributed by atoms with van der Waals surface area (Å²) in [5.41, 5.74) is 0.297. The van der Waals surface area contributed by atoms with Gasteiger partial charge < -0.3 is 5.32 Å². The van der Waals surface area contributed by atoms with Crippen LogP contribution in [0.25, 0.3) is 0 Å². The Kier molecular flexibility index (Phi) is 3.14. The Hall–Kier alpha value is -1.49. The minimum Gasteiger partial charge on any atom is -0.313 e. The highest BCUT2D eigenvalue weighted by Crippen LogP contribution is 2.25. The molecule has 5 heteroatoms. The van der Waals surface area contributed by atoms with E-state index in [0.29, 0.717) is 5.56 Å². The van der Waals surface area contributed by atoms with Crippen LogP contribution in [0.1, 0.15) is 18.5 Å². The lowest BCUT2D eigenvalue weighted by Crippen LogP contribution is -2.14. The predicted octanol–water partition coefficient (Wildman–Crippen LogP) is 2.01. The number of hydrogen-bond donors (Lipinski definition) is 1. The lowest BCUT2D eigenvalue weighted by molar-refractivity contribution is -0.385. The molecule has 0 radical (unpaired) electrons. The number of nitro groups is 1. The number of halogens is 1. The largest absolute Gasteiger partial charge is 0.313 e. The van der Waals surface area contributed by atoms with Crippen molar-refractivity contribution in [2.24, 2.45) is 0 Å². The van der Waals surface area contributed by atoms with Gasteiger partial charge in [-0.25, -0.2) is 4.39 Å². The van der Waals surface area contributed by atoms with E-state index in [1.807, 2.05) is 0 Å². The molecule has 1 unspecified atom stereocenters. The van der Waals surface area contributed by atoms with Crippen molar-refractivity contribution in [1.82, 2.24) is 5.32 Å². The fourth-order valence-electron chi connectivity index (χ4n) is 1.20. The molecule has 0 aliphatic rings. The van der Waals surface area contributed by atoms with Gasteiger partial charge >= 0.3 is 0 Å². The molecule has 1 aromatic carbocycles. The maximum Gasteiger partial charge on any atom is 0.277 e. The normalized spacial score (nSPS) is 12.5. The van der Waals surface area contributed by atoms with Gasteiger partial charge in [0, 0.05) is 11.6 Å². The Morgan fingerprint density at radius 2 is 2.21 bits per heavy atom. The van der Waals surface area contributed by atoms with Gasteiger partial charge in [0.25, 0.3) is 5.69 Å². The van der Waals surface area contributed by atoms with Gasteiger partial charge in [-0.05, 0) is 26.1 Å². The average Bonchev–Trinajstić information content (AvgIpc) is 2.16. The molecule has 76 valence electrons. The molecular formula is C9H11FN2O2. The fourth-order valence-corrected chi connectivity index (χ4v) is 1.20. The molecule has 4 nitrogen and oxygen atoms in total. The molecule has 0 amide bonds. The number of hydrogen-bond acceptors (Lipinski definition) is 3. The van der Waals surface area contributed by atoms with Gasteiger partial charge in [-0.1, -0.05) is 0 Å². The van der Waals surface area contributed by atoms with Crippen molar-refractivity contribution in [3.05, 3.63) is 39.7 Å². The number of nitrogens with zero attached hydrogens (tertiary/aromatic N) is 1. The molecule has 0 bridgehead atoms. The van der Waals surface area contributed by atoms with Crippen molar-refractivity contribution >= 4 is 5.69 Å². The van der Waals surface area contributed by atoms with Crippen LogP contribution in [-0.4, -0.2) is 12.0 Å². The standard InChI is InChI=1S/C9H11FN2O2/c1-6(11-2)8-4-3-7(10)5-9(8)12(13)14/h3-6,11H,1-2H3. The first-order valence-corrected chi connectivity index (χ1v) is 4.17. The summed E-state index contributed by atoms with van der Waals surface area (Å²) in [5, 5.41) is 13.5. The molecular weight excluding hydrogens is 187 g/mol. The molecule has 0 fully saturated rings. The van der Waals surface area contributed by atoms with Gasteiger partial charge in [-0.3, -0.25) is 10.1 Å². The van der Waals surface area contributed by atoms with Crippen LogP contribution in [0, 0.1) is 15.9 Å². The predicted molar refractivity (Wildman–Crippen MR) is 50.5 cm³/mol. The molecule has 0 aliphatic carbocycles. The van der Waals surface area contributed by atoms with Gasteiger partial charge in [0.1, 0.15) is 5.82 Å². The molecule has 1 N–H and O–H groups in total. The van der Waals surface area contributed by atoms with Crippen molar-refractivity contribution in [1.29, 1.82) is 0 Å². The van der Waals surface area contributed by atoms with Crippen molar-refractivity contribution in [3.63, 3.8) is 0 Å². The van der Waals surface area contributed by atoms with E-state index < -0.39 is 10.7 Å². The van der Waals surface area contributed by atoms with Crippen LogP contribution in [0.5, 0.6) is 0 Å². The zero-order valence-electron chi connectivity index (χ0n) is 7.95. The van der Waals surface area contributed by atoms with Crippen LogP contribution in [0.15, 0.2) is 18.2 Å². The average molecular weight is 198 g/mol. The monoisotopic (exact) mass is 198 g/mol. The lowest BCUT2D eigenvalue weighted by atomic mass is 10.1. The first-order valence-electron chi connectivity index (χ1n) is 4.17. The maximum absolute atomic E-state index is 12.8. The quantitative estimate of drug-likeness (QED) is 0.597. The van der Waals surface area contributed by atoms with E-state index in [1.54, 1.807) is 14.0 Å². The summed E-state index contributed by atoms with van der Waals surface area (Å²) in [6, 6.07) is 3.41. The topological polar surface area (TPSA) is 55.2 Å². The molecule has 0 aromatic heterocycles. The highest BCUT2D eigenvalue weighted by molar-refractivity contribution is 5.42.